The number of hydrogen-bond acceptors (Lipinski definition) is 4. The largest absolute Gasteiger partial charge is 0.360 e. The van der Waals surface area contributed by atoms with E-state index < -0.39 is 0 Å². The van der Waals surface area contributed by atoms with Crippen molar-refractivity contribution in [2.45, 2.75) is 13.8 Å². The van der Waals surface area contributed by atoms with Crippen LogP contribution in [0.3, 0.4) is 0 Å². The van der Waals surface area contributed by atoms with E-state index in [4.69, 9.17) is 0 Å². The fraction of sp³-hybridized carbons (Fsp3) is 0.500. The molecule has 0 saturated heterocycles. The number of anilines is 1. The fourth-order valence-electron chi connectivity index (χ4n) is 1.05. The maximum atomic E-state index is 11.4. The molecule has 0 aromatic carbocycles. The number of aromatic amines is 1. The number of hydrogen-bond donors (Lipinski definition) is 3. The Kier molecular flexibility index (Phi) is 5.14. The Hall–Kier alpha value is -1.37. The van der Waals surface area contributed by atoms with Crippen LogP contribution < -0.4 is 16.2 Å². The second-order valence-electron chi connectivity index (χ2n) is 3.95. The first kappa shape index (κ1) is 13.7. The third kappa shape index (κ3) is 4.56. The quantitative estimate of drug-likeness (QED) is 0.748. The van der Waals surface area contributed by atoms with Crippen LogP contribution in [-0.4, -0.2) is 29.0 Å². The molecule has 0 aliphatic rings. The van der Waals surface area contributed by atoms with Crippen LogP contribution in [0.25, 0.3) is 0 Å². The third-order valence-corrected chi connectivity index (χ3v) is 2.66. The average Bonchev–Trinajstić information content (AvgIpc) is 2.28. The Morgan fingerprint density at radius 2 is 2.29 bits per heavy atom. The van der Waals surface area contributed by atoms with Crippen molar-refractivity contribution in [1.29, 1.82) is 0 Å². The first-order valence-corrected chi connectivity index (χ1v) is 6.03. The summed E-state index contributed by atoms with van der Waals surface area (Å²) >= 11 is 3.09. The third-order valence-electron chi connectivity index (χ3n) is 1.92. The van der Waals surface area contributed by atoms with Gasteiger partial charge in [-0.1, -0.05) is 13.8 Å². The molecule has 1 aromatic heterocycles. The van der Waals surface area contributed by atoms with E-state index in [1.54, 1.807) is 0 Å². The standard InChI is InChI=1S/C10H15BrN4O2/c1-6(2)3-12-7(16)4-13-9-8(11)10(17)15-5-14-9/h5-6H,3-4H2,1-2H3,(H,12,16)(H2,13,14,15,17). The molecule has 0 aliphatic carbocycles. The van der Waals surface area contributed by atoms with Gasteiger partial charge in [0.2, 0.25) is 5.91 Å². The van der Waals surface area contributed by atoms with E-state index in [1.165, 1.54) is 6.33 Å². The zero-order chi connectivity index (χ0) is 12.8. The van der Waals surface area contributed by atoms with Gasteiger partial charge in [0.25, 0.3) is 5.56 Å². The number of carbonyl (C=O) groups is 1. The minimum atomic E-state index is -0.287. The molecule has 0 aliphatic heterocycles. The lowest BCUT2D eigenvalue weighted by molar-refractivity contribution is -0.119. The maximum absolute atomic E-state index is 11.4. The molecule has 1 aromatic rings. The SMILES string of the molecule is CC(C)CNC(=O)CNc1nc[nH]c(=O)c1Br. The number of aromatic nitrogens is 2. The molecule has 0 atom stereocenters. The van der Waals surface area contributed by atoms with Crippen molar-refractivity contribution in [1.82, 2.24) is 15.3 Å². The summed E-state index contributed by atoms with van der Waals surface area (Å²) in [4.78, 5) is 29.0. The average molecular weight is 303 g/mol. The highest BCUT2D eigenvalue weighted by atomic mass is 79.9. The normalized spacial score (nSPS) is 10.4. The van der Waals surface area contributed by atoms with E-state index in [0.29, 0.717) is 18.3 Å². The molecule has 6 nitrogen and oxygen atoms in total. The molecule has 1 amide bonds. The second-order valence-corrected chi connectivity index (χ2v) is 4.74. The maximum Gasteiger partial charge on any atom is 0.267 e. The summed E-state index contributed by atoms with van der Waals surface area (Å²) in [5.41, 5.74) is -0.287. The molecule has 0 radical (unpaired) electrons. The van der Waals surface area contributed by atoms with Gasteiger partial charge >= 0.3 is 0 Å². The summed E-state index contributed by atoms with van der Waals surface area (Å²) in [5, 5.41) is 5.54. The molecule has 3 N–H and O–H groups in total. The summed E-state index contributed by atoms with van der Waals surface area (Å²) < 4.78 is 0.289. The molecule has 0 bridgehead atoms. The van der Waals surface area contributed by atoms with E-state index in [0.717, 1.165) is 0 Å². The number of halogens is 1. The van der Waals surface area contributed by atoms with Gasteiger partial charge in [-0.2, -0.15) is 0 Å². The van der Waals surface area contributed by atoms with Gasteiger partial charge in [0.1, 0.15) is 10.3 Å². The van der Waals surface area contributed by atoms with Gasteiger partial charge in [0.15, 0.2) is 0 Å². The van der Waals surface area contributed by atoms with Crippen LogP contribution in [0.2, 0.25) is 0 Å². The molecular formula is C10H15BrN4O2. The number of H-pyrrole nitrogens is 1. The summed E-state index contributed by atoms with van der Waals surface area (Å²) in [5.74, 6) is 0.629. The van der Waals surface area contributed by atoms with Gasteiger partial charge in [-0.3, -0.25) is 9.59 Å². The van der Waals surface area contributed by atoms with E-state index >= 15 is 0 Å². The molecule has 0 saturated carbocycles. The second kappa shape index (κ2) is 6.39. The molecule has 0 fully saturated rings. The van der Waals surface area contributed by atoms with Crippen LogP contribution >= 0.6 is 15.9 Å². The monoisotopic (exact) mass is 302 g/mol. The fourth-order valence-corrected chi connectivity index (χ4v) is 1.41. The van der Waals surface area contributed by atoms with Gasteiger partial charge in [-0.15, -0.1) is 0 Å². The van der Waals surface area contributed by atoms with Gasteiger partial charge in [-0.25, -0.2) is 4.98 Å². The number of amides is 1. The van der Waals surface area contributed by atoms with Crippen LogP contribution in [0.1, 0.15) is 13.8 Å². The lowest BCUT2D eigenvalue weighted by atomic mass is 10.2. The van der Waals surface area contributed by atoms with E-state index in [2.05, 4.69) is 36.5 Å². The van der Waals surface area contributed by atoms with Gasteiger partial charge in [-0.05, 0) is 21.8 Å². The van der Waals surface area contributed by atoms with Crippen molar-refractivity contribution >= 4 is 27.7 Å². The predicted molar refractivity (Wildman–Crippen MR) is 68.9 cm³/mol. The topological polar surface area (TPSA) is 86.9 Å². The molecular weight excluding hydrogens is 288 g/mol. The van der Waals surface area contributed by atoms with Crippen LogP contribution in [0.4, 0.5) is 5.82 Å². The van der Waals surface area contributed by atoms with Crippen molar-refractivity contribution in [3.8, 4) is 0 Å². The smallest absolute Gasteiger partial charge is 0.267 e. The first-order valence-electron chi connectivity index (χ1n) is 5.24. The van der Waals surface area contributed by atoms with E-state index in [9.17, 15) is 9.59 Å². The molecule has 7 heteroatoms. The number of rotatable bonds is 5. The van der Waals surface area contributed by atoms with Gasteiger partial charge < -0.3 is 15.6 Å². The van der Waals surface area contributed by atoms with Gasteiger partial charge in [0.05, 0.1) is 12.9 Å². The zero-order valence-electron chi connectivity index (χ0n) is 9.71. The van der Waals surface area contributed by atoms with Crippen LogP contribution in [-0.2, 0) is 4.79 Å². The predicted octanol–water partition coefficient (Wildman–Crippen LogP) is 0.716. The van der Waals surface area contributed by atoms with Crippen molar-refractivity contribution < 1.29 is 4.79 Å². The van der Waals surface area contributed by atoms with Gasteiger partial charge in [0, 0.05) is 6.54 Å². The van der Waals surface area contributed by atoms with E-state index in [1.807, 2.05) is 13.8 Å². The minimum Gasteiger partial charge on any atom is -0.360 e. The lowest BCUT2D eigenvalue weighted by Gasteiger charge is -2.09. The molecule has 1 heterocycles. The summed E-state index contributed by atoms with van der Waals surface area (Å²) in [6.07, 6.45) is 1.28. The number of carbonyl (C=O) groups excluding carboxylic acids is 1. The van der Waals surface area contributed by atoms with Crippen LogP contribution in [0, 0.1) is 5.92 Å². The van der Waals surface area contributed by atoms with Crippen molar-refractivity contribution in [3.63, 3.8) is 0 Å². The first-order chi connectivity index (χ1) is 8.00. The van der Waals surface area contributed by atoms with Crippen molar-refractivity contribution in [3.05, 3.63) is 21.2 Å². The summed E-state index contributed by atoms with van der Waals surface area (Å²) in [6, 6.07) is 0. The molecule has 0 unspecified atom stereocenters. The Morgan fingerprint density at radius 3 is 2.94 bits per heavy atom. The highest BCUT2D eigenvalue weighted by Crippen LogP contribution is 2.12. The Morgan fingerprint density at radius 1 is 1.59 bits per heavy atom. The van der Waals surface area contributed by atoms with Crippen LogP contribution in [0.5, 0.6) is 0 Å². The molecule has 0 spiro atoms. The highest BCUT2D eigenvalue weighted by Gasteiger charge is 2.07. The summed E-state index contributed by atoms with van der Waals surface area (Å²) in [7, 11) is 0. The Bertz CT molecular complexity index is 444. The lowest BCUT2D eigenvalue weighted by Crippen LogP contribution is -2.33. The Balaban J connectivity index is 2.48. The summed E-state index contributed by atoms with van der Waals surface area (Å²) in [6.45, 7) is 4.75. The Labute approximate surface area is 107 Å². The van der Waals surface area contributed by atoms with E-state index in [-0.39, 0.29) is 22.5 Å². The van der Waals surface area contributed by atoms with Crippen LogP contribution in [0.15, 0.2) is 15.6 Å². The number of nitrogens with one attached hydrogen (secondary N) is 3. The van der Waals surface area contributed by atoms with Crippen molar-refractivity contribution in [2.75, 3.05) is 18.4 Å². The molecule has 17 heavy (non-hydrogen) atoms. The number of nitrogens with zero attached hydrogens (tertiary/aromatic N) is 1. The minimum absolute atomic E-state index is 0.0851. The molecule has 94 valence electrons. The highest BCUT2D eigenvalue weighted by molar-refractivity contribution is 9.10. The zero-order valence-corrected chi connectivity index (χ0v) is 11.3. The molecule has 1 rings (SSSR count). The van der Waals surface area contributed by atoms with Crippen molar-refractivity contribution in [2.24, 2.45) is 5.92 Å².